The number of benzene rings is 1. The van der Waals surface area contributed by atoms with Gasteiger partial charge in [0.25, 0.3) is 0 Å². The van der Waals surface area contributed by atoms with Gasteiger partial charge in [-0.1, -0.05) is 0 Å². The number of hydrogen-bond acceptors (Lipinski definition) is 4. The Morgan fingerprint density at radius 1 is 1.00 bits per heavy atom. The standard InChI is InChI=1S/C17H21F3N4O/c18-17(19,20)15-1-3-16(4-2-15)24-13-14(11-21-24)12-23-7-5-22(6-8-23)9-10-25/h1-4,11,13,25H,5-10,12H2. The van der Waals surface area contributed by atoms with Gasteiger partial charge in [-0.15, -0.1) is 0 Å². The number of nitrogens with zero attached hydrogens (tertiary/aromatic N) is 4. The fraction of sp³-hybridized carbons (Fsp3) is 0.471. The molecule has 1 saturated heterocycles. The second-order valence-electron chi connectivity index (χ2n) is 6.18. The number of aliphatic hydroxyl groups is 1. The molecule has 136 valence electrons. The molecule has 0 amide bonds. The zero-order valence-corrected chi connectivity index (χ0v) is 13.8. The van der Waals surface area contributed by atoms with Gasteiger partial charge < -0.3 is 5.11 Å². The molecular weight excluding hydrogens is 333 g/mol. The summed E-state index contributed by atoms with van der Waals surface area (Å²) in [5.41, 5.74) is 0.965. The van der Waals surface area contributed by atoms with Crippen molar-refractivity contribution in [1.29, 1.82) is 0 Å². The van der Waals surface area contributed by atoms with E-state index < -0.39 is 11.7 Å². The van der Waals surface area contributed by atoms with E-state index in [9.17, 15) is 13.2 Å². The van der Waals surface area contributed by atoms with Gasteiger partial charge in [-0.3, -0.25) is 9.80 Å². The SMILES string of the molecule is OCCN1CCN(Cc2cnn(-c3ccc(C(F)(F)F)cc3)c2)CC1. The molecule has 2 heterocycles. The van der Waals surface area contributed by atoms with Gasteiger partial charge in [0, 0.05) is 51.0 Å². The van der Waals surface area contributed by atoms with Crippen molar-refractivity contribution < 1.29 is 18.3 Å². The average Bonchev–Trinajstić information content (AvgIpc) is 3.05. The number of halogens is 3. The lowest BCUT2D eigenvalue weighted by atomic mass is 10.2. The molecule has 1 aliphatic rings. The number of alkyl halides is 3. The summed E-state index contributed by atoms with van der Waals surface area (Å²) >= 11 is 0. The summed E-state index contributed by atoms with van der Waals surface area (Å²) in [5, 5.41) is 13.2. The van der Waals surface area contributed by atoms with Crippen molar-refractivity contribution in [3.05, 3.63) is 47.8 Å². The van der Waals surface area contributed by atoms with E-state index in [1.165, 1.54) is 12.1 Å². The average molecular weight is 354 g/mol. The predicted octanol–water partition coefficient (Wildman–Crippen LogP) is 2.00. The maximum absolute atomic E-state index is 12.6. The third-order valence-corrected chi connectivity index (χ3v) is 4.38. The second-order valence-corrected chi connectivity index (χ2v) is 6.18. The molecular formula is C17H21F3N4O. The van der Waals surface area contributed by atoms with Gasteiger partial charge in [-0.05, 0) is 24.3 Å². The van der Waals surface area contributed by atoms with Crippen LogP contribution in [-0.2, 0) is 12.7 Å². The highest BCUT2D eigenvalue weighted by atomic mass is 19.4. The summed E-state index contributed by atoms with van der Waals surface area (Å²) in [6.07, 6.45) is -0.730. The van der Waals surface area contributed by atoms with Gasteiger partial charge in [-0.25, -0.2) is 4.68 Å². The van der Waals surface area contributed by atoms with E-state index in [1.54, 1.807) is 10.9 Å². The summed E-state index contributed by atoms with van der Waals surface area (Å²) in [7, 11) is 0. The lowest BCUT2D eigenvalue weighted by Crippen LogP contribution is -2.46. The Morgan fingerprint density at radius 3 is 2.24 bits per heavy atom. The second kappa shape index (κ2) is 7.55. The monoisotopic (exact) mass is 354 g/mol. The van der Waals surface area contributed by atoms with Crippen LogP contribution in [0.4, 0.5) is 13.2 Å². The highest BCUT2D eigenvalue weighted by Gasteiger charge is 2.30. The van der Waals surface area contributed by atoms with Crippen molar-refractivity contribution in [1.82, 2.24) is 19.6 Å². The van der Waals surface area contributed by atoms with E-state index in [0.29, 0.717) is 12.2 Å². The first-order chi connectivity index (χ1) is 12.0. The highest BCUT2D eigenvalue weighted by molar-refractivity contribution is 5.35. The predicted molar refractivity (Wildman–Crippen MR) is 87.4 cm³/mol. The van der Waals surface area contributed by atoms with E-state index >= 15 is 0 Å². The lowest BCUT2D eigenvalue weighted by Gasteiger charge is -2.34. The summed E-state index contributed by atoms with van der Waals surface area (Å²) in [5.74, 6) is 0. The first-order valence-corrected chi connectivity index (χ1v) is 8.22. The van der Waals surface area contributed by atoms with Crippen molar-refractivity contribution in [2.75, 3.05) is 39.3 Å². The number of aromatic nitrogens is 2. The van der Waals surface area contributed by atoms with Gasteiger partial charge in [-0.2, -0.15) is 18.3 Å². The molecule has 0 radical (unpaired) electrons. The van der Waals surface area contributed by atoms with Gasteiger partial charge in [0.15, 0.2) is 0 Å². The molecule has 1 aromatic carbocycles. The first kappa shape index (κ1) is 17.9. The Bertz CT molecular complexity index is 676. The molecule has 0 saturated carbocycles. The summed E-state index contributed by atoms with van der Waals surface area (Å²) in [6.45, 7) is 5.34. The van der Waals surface area contributed by atoms with Crippen LogP contribution in [0.25, 0.3) is 5.69 Å². The Labute approximate surface area is 144 Å². The third kappa shape index (κ3) is 4.59. The lowest BCUT2D eigenvalue weighted by molar-refractivity contribution is -0.137. The summed E-state index contributed by atoms with van der Waals surface area (Å²) in [6, 6.07) is 4.98. The molecule has 1 aromatic heterocycles. The van der Waals surface area contributed by atoms with Gasteiger partial charge in [0.1, 0.15) is 0 Å². The Balaban J connectivity index is 1.59. The molecule has 0 bridgehead atoms. The van der Waals surface area contributed by atoms with Gasteiger partial charge in [0.2, 0.25) is 0 Å². The van der Waals surface area contributed by atoms with Crippen LogP contribution in [0, 0.1) is 0 Å². The minimum absolute atomic E-state index is 0.180. The fourth-order valence-electron chi connectivity index (χ4n) is 2.96. The number of piperazine rings is 1. The topological polar surface area (TPSA) is 44.5 Å². The normalized spacial score (nSPS) is 17.1. The van der Waals surface area contributed by atoms with Crippen molar-refractivity contribution in [3.63, 3.8) is 0 Å². The minimum atomic E-state index is -4.33. The van der Waals surface area contributed by atoms with Crippen molar-refractivity contribution >= 4 is 0 Å². The van der Waals surface area contributed by atoms with Gasteiger partial charge >= 0.3 is 6.18 Å². The molecule has 1 fully saturated rings. The van der Waals surface area contributed by atoms with Crippen molar-refractivity contribution in [2.24, 2.45) is 0 Å². The molecule has 0 unspecified atom stereocenters. The number of aliphatic hydroxyl groups excluding tert-OH is 1. The van der Waals surface area contributed by atoms with Crippen molar-refractivity contribution in [3.8, 4) is 5.69 Å². The van der Waals surface area contributed by atoms with Crippen LogP contribution in [-0.4, -0.2) is 64.0 Å². The number of rotatable bonds is 5. The molecule has 3 rings (SSSR count). The number of hydrogen-bond donors (Lipinski definition) is 1. The van der Waals surface area contributed by atoms with E-state index in [1.807, 2.05) is 6.20 Å². The summed E-state index contributed by atoms with van der Waals surface area (Å²) in [4.78, 5) is 4.53. The molecule has 0 aliphatic carbocycles. The Kier molecular flexibility index (Phi) is 5.41. The quantitative estimate of drug-likeness (QED) is 0.892. The maximum atomic E-state index is 12.6. The third-order valence-electron chi connectivity index (χ3n) is 4.38. The van der Waals surface area contributed by atoms with E-state index in [0.717, 1.165) is 50.4 Å². The van der Waals surface area contributed by atoms with Crippen molar-refractivity contribution in [2.45, 2.75) is 12.7 Å². The van der Waals surface area contributed by atoms with Crippen LogP contribution in [0.3, 0.4) is 0 Å². The molecule has 1 N–H and O–H groups in total. The molecule has 2 aromatic rings. The molecule has 1 aliphatic heterocycles. The molecule has 0 spiro atoms. The van der Waals surface area contributed by atoms with Crippen LogP contribution in [0.15, 0.2) is 36.7 Å². The molecule has 8 heteroatoms. The van der Waals surface area contributed by atoms with Crippen LogP contribution < -0.4 is 0 Å². The number of β-amino-alcohol motifs (C(OH)–C–C–N with tert-alkyl or cyclic N) is 1. The largest absolute Gasteiger partial charge is 0.416 e. The fourth-order valence-corrected chi connectivity index (χ4v) is 2.96. The van der Waals surface area contributed by atoms with Crippen LogP contribution >= 0.6 is 0 Å². The van der Waals surface area contributed by atoms with E-state index in [4.69, 9.17) is 5.11 Å². The van der Waals surface area contributed by atoms with Crippen LogP contribution in [0.1, 0.15) is 11.1 Å². The smallest absolute Gasteiger partial charge is 0.395 e. The van der Waals surface area contributed by atoms with Crippen LogP contribution in [0.2, 0.25) is 0 Å². The molecule has 0 atom stereocenters. The van der Waals surface area contributed by atoms with E-state index in [-0.39, 0.29) is 6.61 Å². The van der Waals surface area contributed by atoms with Gasteiger partial charge in [0.05, 0.1) is 24.1 Å². The Morgan fingerprint density at radius 2 is 1.64 bits per heavy atom. The maximum Gasteiger partial charge on any atom is 0.416 e. The first-order valence-electron chi connectivity index (χ1n) is 8.22. The Hall–Kier alpha value is -1.90. The molecule has 5 nitrogen and oxygen atoms in total. The highest BCUT2D eigenvalue weighted by Crippen LogP contribution is 2.29. The zero-order valence-electron chi connectivity index (χ0n) is 13.8. The zero-order chi connectivity index (χ0) is 17.9. The molecule has 25 heavy (non-hydrogen) atoms. The summed E-state index contributed by atoms with van der Waals surface area (Å²) < 4.78 is 39.4. The van der Waals surface area contributed by atoms with Crippen LogP contribution in [0.5, 0.6) is 0 Å². The van der Waals surface area contributed by atoms with E-state index in [2.05, 4.69) is 14.9 Å². The minimum Gasteiger partial charge on any atom is -0.395 e.